The first-order valence-electron chi connectivity index (χ1n) is 8.65. The average molecular weight is 387 g/mol. The fourth-order valence-electron chi connectivity index (χ4n) is 2.74. The molecule has 1 N–H and O–H groups in total. The molecule has 0 aliphatic carbocycles. The lowest BCUT2D eigenvalue weighted by Crippen LogP contribution is -2.30. The van der Waals surface area contributed by atoms with E-state index in [9.17, 15) is 9.59 Å². The molecule has 27 heavy (non-hydrogen) atoms. The lowest BCUT2D eigenvalue weighted by Gasteiger charge is -2.12. The number of nitrogens with one attached hydrogen (secondary N) is 1. The average Bonchev–Trinajstić information content (AvgIpc) is 3.29. The summed E-state index contributed by atoms with van der Waals surface area (Å²) in [5, 5.41) is 5.52. The van der Waals surface area contributed by atoms with E-state index in [1.165, 1.54) is 0 Å². The number of fused-ring (bicyclic) bond motifs is 1. The van der Waals surface area contributed by atoms with Gasteiger partial charge in [0.2, 0.25) is 5.76 Å². The number of aryl methyl sites for hydroxylation is 1. The molecule has 0 saturated carbocycles. The number of hydrogen-bond donors (Lipinski definition) is 1. The quantitative estimate of drug-likeness (QED) is 0.614. The van der Waals surface area contributed by atoms with E-state index in [0.717, 1.165) is 10.3 Å². The molecule has 0 bridgehead atoms. The van der Waals surface area contributed by atoms with Gasteiger partial charge in [-0.05, 0) is 50.4 Å². The Morgan fingerprint density at radius 3 is 2.81 bits per heavy atom. The van der Waals surface area contributed by atoms with E-state index < -0.39 is 5.97 Å². The Hall–Kier alpha value is -2.80. The number of amides is 1. The third-order valence-corrected chi connectivity index (χ3v) is 5.14. The number of rotatable bonds is 7. The van der Waals surface area contributed by atoms with E-state index in [4.69, 9.17) is 13.9 Å². The van der Waals surface area contributed by atoms with Gasteiger partial charge < -0.3 is 19.2 Å². The minimum absolute atomic E-state index is 0.0951. The smallest absolute Gasteiger partial charge is 0.375 e. The summed E-state index contributed by atoms with van der Waals surface area (Å²) in [6, 6.07) is 9.08. The maximum absolute atomic E-state index is 12.3. The van der Waals surface area contributed by atoms with Crippen LogP contribution in [0.5, 0.6) is 5.75 Å². The Bertz CT molecular complexity index is 945. The number of thiophene rings is 1. The lowest BCUT2D eigenvalue weighted by atomic mass is 10.1. The molecule has 0 fully saturated rings. The second-order valence-electron chi connectivity index (χ2n) is 6.03. The van der Waals surface area contributed by atoms with Crippen molar-refractivity contribution in [1.82, 2.24) is 5.32 Å². The summed E-state index contributed by atoms with van der Waals surface area (Å²) in [7, 11) is 0. The molecule has 6 nitrogen and oxygen atoms in total. The van der Waals surface area contributed by atoms with E-state index in [0.29, 0.717) is 23.5 Å². The molecule has 7 heteroatoms. The molecule has 0 spiro atoms. The highest BCUT2D eigenvalue weighted by Crippen LogP contribution is 2.29. The van der Waals surface area contributed by atoms with Crippen LogP contribution in [0.15, 0.2) is 40.1 Å². The van der Waals surface area contributed by atoms with E-state index in [2.05, 4.69) is 5.32 Å². The van der Waals surface area contributed by atoms with Crippen LogP contribution in [0.4, 0.5) is 0 Å². The van der Waals surface area contributed by atoms with Crippen molar-refractivity contribution in [3.05, 3.63) is 51.9 Å². The maximum Gasteiger partial charge on any atom is 0.375 e. The highest BCUT2D eigenvalue weighted by Gasteiger charge is 2.21. The second-order valence-corrected chi connectivity index (χ2v) is 7.01. The first-order valence-corrected chi connectivity index (χ1v) is 9.53. The zero-order valence-corrected chi connectivity index (χ0v) is 16.2. The molecule has 0 radical (unpaired) electrons. The first kappa shape index (κ1) is 19.0. The molecule has 1 atom stereocenters. The van der Waals surface area contributed by atoms with Crippen molar-refractivity contribution in [3.8, 4) is 5.75 Å². The first-order chi connectivity index (χ1) is 13.0. The van der Waals surface area contributed by atoms with Gasteiger partial charge in [0.25, 0.3) is 5.91 Å². The molecular formula is C20H21NO5S. The summed E-state index contributed by atoms with van der Waals surface area (Å²) in [6.45, 7) is 5.74. The Morgan fingerprint density at radius 1 is 1.30 bits per heavy atom. The molecule has 2 heterocycles. The zero-order chi connectivity index (χ0) is 19.4. The summed E-state index contributed by atoms with van der Waals surface area (Å²) in [5.74, 6) is -0.231. The molecule has 0 unspecified atom stereocenters. The fourth-order valence-corrected chi connectivity index (χ4v) is 3.47. The molecule has 0 saturated heterocycles. The summed E-state index contributed by atoms with van der Waals surface area (Å²) in [5.41, 5.74) is 1.22. The Balaban J connectivity index is 1.63. The molecule has 142 valence electrons. The number of carbonyl (C=O) groups is 2. The summed E-state index contributed by atoms with van der Waals surface area (Å²) < 4.78 is 16.2. The van der Waals surface area contributed by atoms with Crippen molar-refractivity contribution in [2.24, 2.45) is 0 Å². The van der Waals surface area contributed by atoms with Gasteiger partial charge in [-0.1, -0.05) is 6.07 Å². The number of carbonyl (C=O) groups excluding carboxylic acids is 2. The van der Waals surface area contributed by atoms with Crippen LogP contribution in [0, 0.1) is 6.92 Å². The van der Waals surface area contributed by atoms with Crippen molar-refractivity contribution in [2.45, 2.75) is 26.8 Å². The summed E-state index contributed by atoms with van der Waals surface area (Å²) in [6.07, 6.45) is 0. The number of benzene rings is 1. The molecule has 3 rings (SSSR count). The van der Waals surface area contributed by atoms with Crippen LogP contribution in [0.2, 0.25) is 0 Å². The summed E-state index contributed by atoms with van der Waals surface area (Å²) in [4.78, 5) is 25.4. The van der Waals surface area contributed by atoms with Crippen LogP contribution in [-0.4, -0.2) is 25.1 Å². The van der Waals surface area contributed by atoms with Gasteiger partial charge >= 0.3 is 5.97 Å². The van der Waals surface area contributed by atoms with E-state index in [1.807, 2.05) is 37.4 Å². The van der Waals surface area contributed by atoms with Gasteiger partial charge in [-0.15, -0.1) is 11.3 Å². The third kappa shape index (κ3) is 4.31. The Labute approximate surface area is 161 Å². The molecule has 1 amide bonds. The van der Waals surface area contributed by atoms with Gasteiger partial charge in [0, 0.05) is 15.8 Å². The standard InChI is InChI=1S/C20H21NO5S/c1-4-24-14-7-8-16-15(10-14)12(2)19(26-16)20(23)25-11-18(22)21-13(3)17-6-5-9-27-17/h5-10,13H,4,11H2,1-3H3,(H,21,22)/t13-/m1/s1. The number of furan rings is 1. The molecule has 1 aromatic carbocycles. The highest BCUT2D eigenvalue weighted by atomic mass is 32.1. The minimum Gasteiger partial charge on any atom is -0.494 e. The van der Waals surface area contributed by atoms with Crippen LogP contribution in [0.1, 0.15) is 40.9 Å². The Morgan fingerprint density at radius 2 is 2.11 bits per heavy atom. The van der Waals surface area contributed by atoms with Gasteiger partial charge in [0.05, 0.1) is 12.6 Å². The lowest BCUT2D eigenvalue weighted by molar-refractivity contribution is -0.124. The van der Waals surface area contributed by atoms with E-state index >= 15 is 0 Å². The SMILES string of the molecule is CCOc1ccc2oc(C(=O)OCC(=O)N[C@H](C)c3cccs3)c(C)c2c1. The molecule has 0 aliphatic heterocycles. The van der Waals surface area contributed by atoms with Crippen molar-refractivity contribution < 1.29 is 23.5 Å². The molecule has 0 aliphatic rings. The predicted molar refractivity (Wildman–Crippen MR) is 103 cm³/mol. The number of esters is 1. The maximum atomic E-state index is 12.3. The van der Waals surface area contributed by atoms with Crippen molar-refractivity contribution in [3.63, 3.8) is 0 Å². The van der Waals surface area contributed by atoms with E-state index in [-0.39, 0.29) is 24.3 Å². The van der Waals surface area contributed by atoms with Crippen LogP contribution < -0.4 is 10.1 Å². The second kappa shape index (κ2) is 8.26. The Kier molecular flexibility index (Phi) is 5.81. The van der Waals surface area contributed by atoms with Crippen LogP contribution >= 0.6 is 11.3 Å². The number of hydrogen-bond acceptors (Lipinski definition) is 6. The number of ether oxygens (including phenoxy) is 2. The van der Waals surface area contributed by atoms with Gasteiger partial charge in [0.1, 0.15) is 11.3 Å². The van der Waals surface area contributed by atoms with Crippen LogP contribution in [0.25, 0.3) is 11.0 Å². The predicted octanol–water partition coefficient (Wildman–Crippen LogP) is 4.24. The third-order valence-electron chi connectivity index (χ3n) is 4.09. The molecular weight excluding hydrogens is 366 g/mol. The van der Waals surface area contributed by atoms with Crippen molar-refractivity contribution >= 4 is 34.2 Å². The monoisotopic (exact) mass is 387 g/mol. The molecule has 2 aromatic heterocycles. The zero-order valence-electron chi connectivity index (χ0n) is 15.4. The van der Waals surface area contributed by atoms with Gasteiger partial charge in [0.15, 0.2) is 6.61 Å². The topological polar surface area (TPSA) is 77.8 Å². The van der Waals surface area contributed by atoms with Crippen molar-refractivity contribution in [1.29, 1.82) is 0 Å². The highest BCUT2D eigenvalue weighted by molar-refractivity contribution is 7.10. The van der Waals surface area contributed by atoms with Gasteiger partial charge in [-0.25, -0.2) is 4.79 Å². The van der Waals surface area contributed by atoms with Gasteiger partial charge in [-0.3, -0.25) is 4.79 Å². The van der Waals surface area contributed by atoms with Crippen LogP contribution in [0.3, 0.4) is 0 Å². The van der Waals surface area contributed by atoms with Crippen LogP contribution in [-0.2, 0) is 9.53 Å². The van der Waals surface area contributed by atoms with Crippen molar-refractivity contribution in [2.75, 3.05) is 13.2 Å². The molecule has 3 aromatic rings. The van der Waals surface area contributed by atoms with E-state index in [1.54, 1.807) is 30.4 Å². The minimum atomic E-state index is -0.666. The fraction of sp³-hybridized carbons (Fsp3) is 0.300. The van der Waals surface area contributed by atoms with Gasteiger partial charge in [-0.2, -0.15) is 0 Å². The largest absolute Gasteiger partial charge is 0.494 e. The normalized spacial score (nSPS) is 12.0. The summed E-state index contributed by atoms with van der Waals surface area (Å²) >= 11 is 1.56.